The Morgan fingerprint density at radius 3 is 2.32 bits per heavy atom. The summed E-state index contributed by atoms with van der Waals surface area (Å²) >= 11 is 0. The van der Waals surface area contributed by atoms with Crippen LogP contribution in [0.2, 0.25) is 0 Å². The molecule has 0 radical (unpaired) electrons. The minimum Gasteiger partial charge on any atom is -1.00 e. The molecule has 0 heterocycles. The number of hydrogen-bond donors (Lipinski definition) is 1. The number of ether oxygens (including phenoxy) is 1. The summed E-state index contributed by atoms with van der Waals surface area (Å²) in [4.78, 5) is 12.9. The van der Waals surface area contributed by atoms with Gasteiger partial charge in [0.1, 0.15) is 6.54 Å². The lowest BCUT2D eigenvalue weighted by Crippen LogP contribution is -3.00. The highest BCUT2D eigenvalue weighted by molar-refractivity contribution is 5.81. The van der Waals surface area contributed by atoms with E-state index in [1.807, 2.05) is 30.3 Å². The lowest BCUT2D eigenvalue weighted by atomic mass is 9.73. The Morgan fingerprint density at radius 2 is 1.75 bits per heavy atom. The van der Waals surface area contributed by atoms with E-state index < -0.39 is 11.6 Å². The van der Waals surface area contributed by atoms with Crippen molar-refractivity contribution in [2.24, 2.45) is 5.92 Å². The van der Waals surface area contributed by atoms with E-state index in [-0.39, 0.29) is 36.5 Å². The van der Waals surface area contributed by atoms with Gasteiger partial charge >= 0.3 is 5.97 Å². The van der Waals surface area contributed by atoms with Crippen LogP contribution in [-0.2, 0) is 15.1 Å². The molecule has 0 bridgehead atoms. The maximum absolute atomic E-state index is 12.9. The van der Waals surface area contributed by atoms with Crippen molar-refractivity contribution in [2.75, 3.05) is 33.3 Å². The van der Waals surface area contributed by atoms with Crippen molar-refractivity contribution in [3.05, 3.63) is 35.9 Å². The van der Waals surface area contributed by atoms with Gasteiger partial charge in [0.05, 0.1) is 20.1 Å². The fourth-order valence-corrected chi connectivity index (χ4v) is 3.69. The topological polar surface area (TPSA) is 46.5 Å². The summed E-state index contributed by atoms with van der Waals surface area (Å²) in [5, 5.41) is 11.4. The number of nitrogens with zero attached hydrogens (tertiary/aromatic N) is 1. The molecule has 1 fully saturated rings. The Hall–Kier alpha value is -1.10. The van der Waals surface area contributed by atoms with Crippen molar-refractivity contribution in [3.8, 4) is 11.8 Å². The molecule has 4 nitrogen and oxygen atoms in total. The zero-order chi connectivity index (χ0) is 19.8. The van der Waals surface area contributed by atoms with Crippen molar-refractivity contribution in [2.45, 2.75) is 51.6 Å². The molecule has 0 amide bonds. The predicted molar refractivity (Wildman–Crippen MR) is 108 cm³/mol. The number of halogens is 1. The summed E-state index contributed by atoms with van der Waals surface area (Å²) < 4.78 is 6.30. The number of carbonyl (C=O) groups excluding carboxylic acids is 1. The van der Waals surface area contributed by atoms with Gasteiger partial charge in [0.15, 0.2) is 12.2 Å². The molecular weight excluding hydrogens is 465 g/mol. The van der Waals surface area contributed by atoms with Gasteiger partial charge in [-0.25, -0.2) is 4.79 Å². The fraction of sp³-hybridized carbons (Fsp3) is 0.609. The number of carbonyl (C=O) groups is 1. The first-order valence-corrected chi connectivity index (χ1v) is 10.2. The van der Waals surface area contributed by atoms with Crippen LogP contribution in [0.5, 0.6) is 0 Å². The van der Waals surface area contributed by atoms with E-state index in [9.17, 15) is 9.90 Å². The number of rotatable bonds is 7. The molecule has 1 N–H and O–H groups in total. The first kappa shape index (κ1) is 24.9. The molecule has 0 spiro atoms. The van der Waals surface area contributed by atoms with Crippen molar-refractivity contribution in [1.29, 1.82) is 0 Å². The Kier molecular flexibility index (Phi) is 10.5. The SMILES string of the molecule is CC[N+](C)(CC)CC#CCOC(=O)C(O)(c1ccccc1)C1CCCCC1.[I-]. The predicted octanol–water partition coefficient (Wildman–Crippen LogP) is 0.492. The van der Waals surface area contributed by atoms with Gasteiger partial charge in [-0.1, -0.05) is 55.5 Å². The number of quaternary nitrogens is 1. The van der Waals surface area contributed by atoms with Crippen LogP contribution in [0.3, 0.4) is 0 Å². The molecule has 2 rings (SSSR count). The molecular formula is C23H34INO3. The highest BCUT2D eigenvalue weighted by Crippen LogP contribution is 2.40. The van der Waals surface area contributed by atoms with Crippen LogP contribution in [0.1, 0.15) is 51.5 Å². The Morgan fingerprint density at radius 1 is 1.14 bits per heavy atom. The van der Waals surface area contributed by atoms with Crippen molar-refractivity contribution in [3.63, 3.8) is 0 Å². The first-order valence-electron chi connectivity index (χ1n) is 10.2. The summed E-state index contributed by atoms with van der Waals surface area (Å²) in [7, 11) is 2.16. The van der Waals surface area contributed by atoms with Crippen LogP contribution in [-0.4, -0.2) is 48.8 Å². The second kappa shape index (κ2) is 11.8. The lowest BCUT2D eigenvalue weighted by molar-refractivity contribution is -0.899. The Balaban J connectivity index is 0.00000392. The van der Waals surface area contributed by atoms with Crippen LogP contribution in [0.4, 0.5) is 0 Å². The van der Waals surface area contributed by atoms with Crippen LogP contribution in [0, 0.1) is 17.8 Å². The van der Waals surface area contributed by atoms with Gasteiger partial charge in [0.25, 0.3) is 0 Å². The molecule has 156 valence electrons. The number of esters is 1. The summed E-state index contributed by atoms with van der Waals surface area (Å²) in [5.74, 6) is 5.39. The van der Waals surface area contributed by atoms with Crippen LogP contribution < -0.4 is 24.0 Å². The Labute approximate surface area is 187 Å². The van der Waals surface area contributed by atoms with Crippen molar-refractivity contribution in [1.82, 2.24) is 0 Å². The summed E-state index contributed by atoms with van der Waals surface area (Å²) in [6.45, 7) is 7.08. The summed E-state index contributed by atoms with van der Waals surface area (Å²) in [6.07, 6.45) is 4.92. The molecule has 1 aliphatic carbocycles. The third kappa shape index (κ3) is 6.20. The van der Waals surface area contributed by atoms with Gasteiger partial charge in [-0.05, 0) is 38.2 Å². The average Bonchev–Trinajstić information content (AvgIpc) is 2.73. The van der Waals surface area contributed by atoms with E-state index in [4.69, 9.17) is 4.74 Å². The quantitative estimate of drug-likeness (QED) is 0.257. The van der Waals surface area contributed by atoms with E-state index in [1.165, 1.54) is 0 Å². The second-order valence-electron chi connectivity index (χ2n) is 7.81. The average molecular weight is 499 g/mol. The fourth-order valence-electron chi connectivity index (χ4n) is 3.69. The second-order valence-corrected chi connectivity index (χ2v) is 7.81. The highest BCUT2D eigenvalue weighted by Gasteiger charge is 2.47. The van der Waals surface area contributed by atoms with Crippen molar-refractivity contribution < 1.29 is 43.1 Å². The molecule has 1 atom stereocenters. The molecule has 1 unspecified atom stereocenters. The molecule has 0 saturated heterocycles. The smallest absolute Gasteiger partial charge is 0.344 e. The Bertz CT molecular complexity index is 657. The number of benzene rings is 1. The van der Waals surface area contributed by atoms with Gasteiger partial charge in [0, 0.05) is 5.92 Å². The zero-order valence-corrected chi connectivity index (χ0v) is 19.6. The monoisotopic (exact) mass is 499 g/mol. The summed E-state index contributed by atoms with van der Waals surface area (Å²) in [5.41, 5.74) is -0.961. The molecule has 1 aliphatic rings. The largest absolute Gasteiger partial charge is 1.00 e. The molecule has 1 aromatic rings. The van der Waals surface area contributed by atoms with Gasteiger partial charge < -0.3 is 38.3 Å². The van der Waals surface area contributed by atoms with Gasteiger partial charge in [-0.3, -0.25) is 0 Å². The molecule has 5 heteroatoms. The van der Waals surface area contributed by atoms with Crippen molar-refractivity contribution >= 4 is 5.97 Å². The first-order chi connectivity index (χ1) is 13.0. The van der Waals surface area contributed by atoms with E-state index >= 15 is 0 Å². The van der Waals surface area contributed by atoms with Gasteiger partial charge in [0.2, 0.25) is 0 Å². The molecule has 1 aromatic carbocycles. The third-order valence-corrected chi connectivity index (χ3v) is 6.11. The summed E-state index contributed by atoms with van der Waals surface area (Å²) in [6, 6.07) is 9.22. The third-order valence-electron chi connectivity index (χ3n) is 6.11. The van der Waals surface area contributed by atoms with E-state index in [0.717, 1.165) is 56.2 Å². The van der Waals surface area contributed by atoms with E-state index in [2.05, 4.69) is 32.7 Å². The maximum Gasteiger partial charge on any atom is 0.344 e. The van der Waals surface area contributed by atoms with Crippen LogP contribution in [0.25, 0.3) is 0 Å². The minimum absolute atomic E-state index is 0. The standard InChI is InChI=1S/C23H34NO3.HI/c1-4-24(3,5-2)18-12-13-19-27-22(25)23(26,20-14-8-6-9-15-20)21-16-10-7-11-17-21;/h6,8-9,14-15,21,26H,4-5,7,10-11,16-19H2,1-3H3;1H/q+1;/p-1. The normalized spacial score (nSPS) is 16.9. The van der Waals surface area contributed by atoms with E-state index in [0.29, 0.717) is 5.56 Å². The van der Waals surface area contributed by atoms with Gasteiger partial charge in [-0.2, -0.15) is 0 Å². The van der Waals surface area contributed by atoms with Gasteiger partial charge in [-0.15, -0.1) is 0 Å². The zero-order valence-electron chi connectivity index (χ0n) is 17.4. The number of aliphatic hydroxyl groups is 1. The van der Waals surface area contributed by atoms with E-state index in [1.54, 1.807) is 0 Å². The maximum atomic E-state index is 12.9. The van der Waals surface area contributed by atoms with Crippen LogP contribution in [0.15, 0.2) is 30.3 Å². The highest BCUT2D eigenvalue weighted by atomic mass is 127. The number of hydrogen-bond acceptors (Lipinski definition) is 3. The van der Waals surface area contributed by atoms with Crippen LogP contribution >= 0.6 is 0 Å². The molecule has 0 aliphatic heterocycles. The lowest BCUT2D eigenvalue weighted by Gasteiger charge is -2.36. The molecule has 1 saturated carbocycles. The minimum atomic E-state index is -1.58. The molecule has 0 aromatic heterocycles. The molecule has 28 heavy (non-hydrogen) atoms.